The molecule has 3 unspecified atom stereocenters. The fourth-order valence-corrected chi connectivity index (χ4v) is 2.36. The maximum atomic E-state index is 12.2. The summed E-state index contributed by atoms with van der Waals surface area (Å²) < 4.78 is 0. The van der Waals surface area contributed by atoms with Gasteiger partial charge in [0.2, 0.25) is 11.8 Å². The second kappa shape index (κ2) is 6.28. The van der Waals surface area contributed by atoms with Crippen LogP contribution in [0.15, 0.2) is 0 Å². The molecule has 1 aliphatic heterocycles. The molecule has 1 heterocycles. The van der Waals surface area contributed by atoms with E-state index in [4.69, 9.17) is 0 Å². The molecule has 17 heavy (non-hydrogen) atoms. The Bertz CT molecular complexity index is 296. The van der Waals surface area contributed by atoms with Crippen molar-refractivity contribution in [3.63, 3.8) is 0 Å². The number of piperidine rings is 1. The molecular weight excluding hydrogens is 236 g/mol. The second-order valence-corrected chi connectivity index (χ2v) is 5.33. The topological polar surface area (TPSA) is 49.4 Å². The smallest absolute Gasteiger partial charge is 0.246 e. The summed E-state index contributed by atoms with van der Waals surface area (Å²) in [6.45, 7) is 7.37. The monoisotopic (exact) mass is 258 g/mol. The van der Waals surface area contributed by atoms with Gasteiger partial charge < -0.3 is 10.2 Å². The van der Waals surface area contributed by atoms with E-state index in [1.54, 1.807) is 0 Å². The summed E-state index contributed by atoms with van der Waals surface area (Å²) >= 11 is 4.13. The number of thiol groups is 1. The maximum absolute atomic E-state index is 12.2. The van der Waals surface area contributed by atoms with Crippen LogP contribution in [-0.4, -0.2) is 41.6 Å². The number of amides is 2. The van der Waals surface area contributed by atoms with Crippen molar-refractivity contribution < 1.29 is 9.59 Å². The van der Waals surface area contributed by atoms with Gasteiger partial charge in [-0.2, -0.15) is 12.6 Å². The highest BCUT2D eigenvalue weighted by molar-refractivity contribution is 7.80. The van der Waals surface area contributed by atoms with Crippen molar-refractivity contribution >= 4 is 24.4 Å². The zero-order valence-corrected chi connectivity index (χ0v) is 11.7. The first kappa shape index (κ1) is 14.4. The van der Waals surface area contributed by atoms with E-state index in [2.05, 4.69) is 31.8 Å². The quantitative estimate of drug-likeness (QED) is 0.740. The molecular formula is C12H22N2O2S. The molecule has 1 fully saturated rings. The van der Waals surface area contributed by atoms with Gasteiger partial charge in [0.1, 0.15) is 6.04 Å². The van der Waals surface area contributed by atoms with Gasteiger partial charge in [0.25, 0.3) is 0 Å². The number of nitrogens with zero attached hydrogens (tertiary/aromatic N) is 1. The summed E-state index contributed by atoms with van der Waals surface area (Å²) in [5, 5.41) is 2.65. The third-order valence-electron chi connectivity index (χ3n) is 3.50. The van der Waals surface area contributed by atoms with Gasteiger partial charge in [0.05, 0.1) is 0 Å². The highest BCUT2D eigenvalue weighted by Gasteiger charge is 2.29. The van der Waals surface area contributed by atoms with Crippen LogP contribution in [0.2, 0.25) is 0 Å². The lowest BCUT2D eigenvalue weighted by molar-refractivity contribution is -0.137. The molecule has 0 aromatic carbocycles. The Morgan fingerprint density at radius 1 is 1.41 bits per heavy atom. The third-order valence-corrected chi connectivity index (χ3v) is 3.87. The molecule has 0 bridgehead atoms. The maximum Gasteiger partial charge on any atom is 0.246 e. The molecule has 0 spiro atoms. The molecule has 1 rings (SSSR count). The molecule has 3 atom stereocenters. The van der Waals surface area contributed by atoms with Gasteiger partial charge in [0.15, 0.2) is 0 Å². The normalized spacial score (nSPS) is 26.5. The molecule has 5 heteroatoms. The Labute approximate surface area is 109 Å². The van der Waals surface area contributed by atoms with Crippen molar-refractivity contribution in [3.8, 4) is 0 Å². The number of likely N-dealkylation sites (tertiary alicyclic amines) is 1. The number of hydrogen-bond donors (Lipinski definition) is 2. The van der Waals surface area contributed by atoms with Crippen LogP contribution in [0.1, 0.15) is 27.2 Å². The molecule has 0 aliphatic carbocycles. The van der Waals surface area contributed by atoms with Crippen LogP contribution >= 0.6 is 12.6 Å². The van der Waals surface area contributed by atoms with Crippen molar-refractivity contribution in [2.75, 3.05) is 18.8 Å². The average Bonchev–Trinajstić information content (AvgIpc) is 2.28. The van der Waals surface area contributed by atoms with Crippen molar-refractivity contribution in [1.29, 1.82) is 0 Å². The van der Waals surface area contributed by atoms with Gasteiger partial charge in [0, 0.05) is 25.8 Å². The zero-order valence-electron chi connectivity index (χ0n) is 10.8. The van der Waals surface area contributed by atoms with E-state index in [-0.39, 0.29) is 11.8 Å². The van der Waals surface area contributed by atoms with E-state index < -0.39 is 6.04 Å². The Balaban J connectivity index is 2.59. The Morgan fingerprint density at radius 2 is 2.06 bits per heavy atom. The van der Waals surface area contributed by atoms with Crippen LogP contribution in [0.4, 0.5) is 0 Å². The van der Waals surface area contributed by atoms with Crippen molar-refractivity contribution in [2.24, 2.45) is 11.8 Å². The number of rotatable bonds is 3. The standard InChI is InChI=1S/C12H22N2O2S/c1-8-4-5-14(6-9(8)2)12(16)11(7-17)13-10(3)15/h8-9,11,17H,4-7H2,1-3H3,(H,13,15). The minimum absolute atomic E-state index is 0.00560. The van der Waals surface area contributed by atoms with Crippen molar-refractivity contribution in [2.45, 2.75) is 33.2 Å². The highest BCUT2D eigenvalue weighted by atomic mass is 32.1. The van der Waals surface area contributed by atoms with Crippen LogP contribution < -0.4 is 5.32 Å². The minimum Gasteiger partial charge on any atom is -0.344 e. The predicted molar refractivity (Wildman–Crippen MR) is 71.0 cm³/mol. The highest BCUT2D eigenvalue weighted by Crippen LogP contribution is 2.22. The van der Waals surface area contributed by atoms with Crippen molar-refractivity contribution in [3.05, 3.63) is 0 Å². The Hall–Kier alpha value is -0.710. The molecule has 0 saturated carbocycles. The molecule has 2 amide bonds. The fourth-order valence-electron chi connectivity index (χ4n) is 2.11. The number of carbonyl (C=O) groups is 2. The molecule has 1 saturated heterocycles. The lowest BCUT2D eigenvalue weighted by atomic mass is 9.88. The summed E-state index contributed by atoms with van der Waals surface area (Å²) in [5.41, 5.74) is 0. The van der Waals surface area contributed by atoms with Gasteiger partial charge in [-0.25, -0.2) is 0 Å². The molecule has 4 nitrogen and oxygen atoms in total. The predicted octanol–water partition coefficient (Wildman–Crippen LogP) is 0.925. The van der Waals surface area contributed by atoms with E-state index in [9.17, 15) is 9.59 Å². The Morgan fingerprint density at radius 3 is 2.53 bits per heavy atom. The van der Waals surface area contributed by atoms with Crippen LogP contribution in [0.25, 0.3) is 0 Å². The largest absolute Gasteiger partial charge is 0.344 e. The number of carbonyl (C=O) groups excluding carboxylic acids is 2. The summed E-state index contributed by atoms with van der Waals surface area (Å²) in [4.78, 5) is 25.0. The molecule has 0 radical (unpaired) electrons. The molecule has 1 aliphatic rings. The van der Waals surface area contributed by atoms with Crippen LogP contribution in [-0.2, 0) is 9.59 Å². The first-order chi connectivity index (χ1) is 7.95. The van der Waals surface area contributed by atoms with Crippen LogP contribution in [0.5, 0.6) is 0 Å². The fraction of sp³-hybridized carbons (Fsp3) is 0.833. The van der Waals surface area contributed by atoms with Gasteiger partial charge in [-0.1, -0.05) is 13.8 Å². The van der Waals surface area contributed by atoms with Gasteiger partial charge in [-0.15, -0.1) is 0 Å². The van der Waals surface area contributed by atoms with Crippen LogP contribution in [0, 0.1) is 11.8 Å². The average molecular weight is 258 g/mol. The minimum atomic E-state index is -0.489. The summed E-state index contributed by atoms with van der Waals surface area (Å²) in [5.74, 6) is 1.34. The van der Waals surface area contributed by atoms with E-state index >= 15 is 0 Å². The van der Waals surface area contributed by atoms with Gasteiger partial charge in [-0.3, -0.25) is 9.59 Å². The summed E-state index contributed by atoms with van der Waals surface area (Å²) in [7, 11) is 0. The second-order valence-electron chi connectivity index (χ2n) is 4.96. The van der Waals surface area contributed by atoms with E-state index in [1.165, 1.54) is 6.92 Å². The SMILES string of the molecule is CC(=O)NC(CS)C(=O)N1CCC(C)C(C)C1. The summed E-state index contributed by atoms with van der Waals surface area (Å²) in [6.07, 6.45) is 1.03. The zero-order chi connectivity index (χ0) is 13.0. The Kier molecular flexibility index (Phi) is 5.31. The first-order valence-electron chi connectivity index (χ1n) is 6.12. The van der Waals surface area contributed by atoms with E-state index in [0.717, 1.165) is 19.5 Å². The molecule has 0 aromatic heterocycles. The lowest BCUT2D eigenvalue weighted by Crippen LogP contribution is -2.52. The van der Waals surface area contributed by atoms with E-state index in [1.807, 2.05) is 4.90 Å². The molecule has 1 N–H and O–H groups in total. The number of hydrogen-bond acceptors (Lipinski definition) is 3. The van der Waals surface area contributed by atoms with Gasteiger partial charge >= 0.3 is 0 Å². The first-order valence-corrected chi connectivity index (χ1v) is 6.75. The number of nitrogens with one attached hydrogen (secondary N) is 1. The third kappa shape index (κ3) is 3.91. The molecule has 0 aromatic rings. The van der Waals surface area contributed by atoms with Crippen molar-refractivity contribution in [1.82, 2.24) is 10.2 Å². The van der Waals surface area contributed by atoms with E-state index in [0.29, 0.717) is 17.6 Å². The van der Waals surface area contributed by atoms with Crippen LogP contribution in [0.3, 0.4) is 0 Å². The van der Waals surface area contributed by atoms with Gasteiger partial charge in [-0.05, 0) is 18.3 Å². The lowest BCUT2D eigenvalue weighted by Gasteiger charge is -2.37. The summed E-state index contributed by atoms with van der Waals surface area (Å²) in [6, 6.07) is -0.489. The molecule has 98 valence electrons.